The van der Waals surface area contributed by atoms with Gasteiger partial charge in [0.25, 0.3) is 0 Å². The number of hydrogen-bond donors (Lipinski definition) is 2. The molecule has 0 radical (unpaired) electrons. The smallest absolute Gasteiger partial charge is 0.126 e. The summed E-state index contributed by atoms with van der Waals surface area (Å²) in [7, 11) is 0. The highest BCUT2D eigenvalue weighted by molar-refractivity contribution is 5.21. The van der Waals surface area contributed by atoms with Crippen molar-refractivity contribution in [3.8, 4) is 0 Å². The molecule has 0 bridgehead atoms. The van der Waals surface area contributed by atoms with Crippen LogP contribution in [0.1, 0.15) is 31.9 Å². The second kappa shape index (κ2) is 5.53. The zero-order valence-corrected chi connectivity index (χ0v) is 11.1. The van der Waals surface area contributed by atoms with Crippen LogP contribution in [0.5, 0.6) is 0 Å². The molecule has 0 spiro atoms. The number of benzene rings is 1. The Balaban J connectivity index is 1.99. The maximum absolute atomic E-state index is 13.1. The third kappa shape index (κ3) is 3.29. The molecular formula is C14H19F2NO2. The summed E-state index contributed by atoms with van der Waals surface area (Å²) < 4.78 is 31.6. The van der Waals surface area contributed by atoms with Crippen LogP contribution in [-0.4, -0.2) is 30.0 Å². The first-order valence-corrected chi connectivity index (χ1v) is 6.44. The molecule has 1 aliphatic rings. The minimum Gasteiger partial charge on any atom is -0.386 e. The summed E-state index contributed by atoms with van der Waals surface area (Å²) in [6.07, 6.45) is 0.322. The Labute approximate surface area is 111 Å². The van der Waals surface area contributed by atoms with E-state index in [9.17, 15) is 13.9 Å². The number of aliphatic hydroxyl groups is 1. The lowest BCUT2D eigenvalue weighted by Crippen LogP contribution is -2.46. The van der Waals surface area contributed by atoms with Crippen molar-refractivity contribution < 1.29 is 18.6 Å². The van der Waals surface area contributed by atoms with Gasteiger partial charge < -0.3 is 15.2 Å². The summed E-state index contributed by atoms with van der Waals surface area (Å²) in [5, 5.41) is 13.4. The van der Waals surface area contributed by atoms with E-state index in [4.69, 9.17) is 4.74 Å². The van der Waals surface area contributed by atoms with E-state index in [-0.39, 0.29) is 12.1 Å². The second-order valence-corrected chi connectivity index (χ2v) is 5.17. The third-order valence-electron chi connectivity index (χ3n) is 3.76. The molecule has 0 amide bonds. The molecule has 19 heavy (non-hydrogen) atoms. The average molecular weight is 271 g/mol. The molecule has 2 rings (SSSR count). The zero-order chi connectivity index (χ0) is 14.0. The van der Waals surface area contributed by atoms with E-state index in [0.717, 1.165) is 6.07 Å². The van der Waals surface area contributed by atoms with Gasteiger partial charge in [-0.15, -0.1) is 0 Å². The van der Waals surface area contributed by atoms with Gasteiger partial charge in [0.2, 0.25) is 0 Å². The zero-order valence-electron chi connectivity index (χ0n) is 11.1. The lowest BCUT2D eigenvalue weighted by molar-refractivity contribution is -0.0274. The Kier molecular flexibility index (Phi) is 4.18. The molecule has 1 heterocycles. The molecule has 3 unspecified atom stereocenters. The average Bonchev–Trinajstić information content (AvgIpc) is 2.66. The largest absolute Gasteiger partial charge is 0.386 e. The maximum Gasteiger partial charge on any atom is 0.126 e. The maximum atomic E-state index is 13.1. The van der Waals surface area contributed by atoms with Crippen LogP contribution in [-0.2, 0) is 4.74 Å². The molecule has 0 aromatic heterocycles. The van der Waals surface area contributed by atoms with Gasteiger partial charge in [-0.2, -0.15) is 0 Å². The molecule has 1 aromatic carbocycles. The number of rotatable bonds is 4. The van der Waals surface area contributed by atoms with Crippen molar-refractivity contribution in [1.82, 2.24) is 5.32 Å². The molecule has 1 fully saturated rings. The van der Waals surface area contributed by atoms with Crippen molar-refractivity contribution in [3.63, 3.8) is 0 Å². The van der Waals surface area contributed by atoms with E-state index in [0.29, 0.717) is 25.1 Å². The Hall–Kier alpha value is -1.04. The third-order valence-corrected chi connectivity index (χ3v) is 3.76. The van der Waals surface area contributed by atoms with Gasteiger partial charge in [-0.1, -0.05) is 0 Å². The fourth-order valence-electron chi connectivity index (χ4n) is 2.28. The van der Waals surface area contributed by atoms with Crippen LogP contribution in [0, 0.1) is 11.6 Å². The lowest BCUT2D eigenvalue weighted by Gasteiger charge is -2.28. The van der Waals surface area contributed by atoms with Crippen LogP contribution in [0.4, 0.5) is 8.78 Å². The Morgan fingerprint density at radius 1 is 1.42 bits per heavy atom. The van der Waals surface area contributed by atoms with Crippen LogP contribution in [0.25, 0.3) is 0 Å². The molecule has 106 valence electrons. The van der Waals surface area contributed by atoms with E-state index >= 15 is 0 Å². The first-order chi connectivity index (χ1) is 8.90. The van der Waals surface area contributed by atoms with Gasteiger partial charge in [0.15, 0.2) is 0 Å². The molecule has 3 atom stereocenters. The summed E-state index contributed by atoms with van der Waals surface area (Å²) in [6.45, 7) is 4.48. The highest BCUT2D eigenvalue weighted by Crippen LogP contribution is 2.26. The van der Waals surface area contributed by atoms with Crippen molar-refractivity contribution in [2.75, 3.05) is 13.2 Å². The number of ether oxygens (including phenoxy) is 1. The van der Waals surface area contributed by atoms with Gasteiger partial charge in [-0.3, -0.25) is 0 Å². The van der Waals surface area contributed by atoms with Gasteiger partial charge in [0, 0.05) is 31.7 Å². The first kappa shape index (κ1) is 14.4. The minimum atomic E-state index is -0.917. The van der Waals surface area contributed by atoms with Crippen molar-refractivity contribution >= 4 is 0 Å². The molecule has 2 N–H and O–H groups in total. The molecule has 1 saturated heterocycles. The molecule has 1 aliphatic heterocycles. The molecule has 5 heteroatoms. The van der Waals surface area contributed by atoms with E-state index < -0.39 is 17.2 Å². The van der Waals surface area contributed by atoms with Gasteiger partial charge in [-0.25, -0.2) is 8.78 Å². The van der Waals surface area contributed by atoms with E-state index in [1.54, 1.807) is 6.92 Å². The number of halogens is 2. The normalized spacial score (nSPS) is 28.6. The summed E-state index contributed by atoms with van der Waals surface area (Å²) in [4.78, 5) is 0. The molecule has 1 aromatic rings. The predicted molar refractivity (Wildman–Crippen MR) is 67.8 cm³/mol. The summed E-state index contributed by atoms with van der Waals surface area (Å²) in [6, 6.07) is 3.18. The monoisotopic (exact) mass is 271 g/mol. The van der Waals surface area contributed by atoms with Gasteiger partial charge in [0.05, 0.1) is 6.10 Å². The topological polar surface area (TPSA) is 41.5 Å². The minimum absolute atomic E-state index is 0.239. The van der Waals surface area contributed by atoms with E-state index in [2.05, 4.69) is 5.32 Å². The van der Waals surface area contributed by atoms with Crippen LogP contribution in [0.3, 0.4) is 0 Å². The SMILES string of the molecule is CC(NCC1(O)CCOC1C)c1cc(F)cc(F)c1. The Bertz CT molecular complexity index is 435. The van der Waals surface area contributed by atoms with Gasteiger partial charge in [-0.05, 0) is 31.5 Å². The molecule has 3 nitrogen and oxygen atoms in total. The summed E-state index contributed by atoms with van der Waals surface area (Å²) in [5.74, 6) is -1.19. The predicted octanol–water partition coefficient (Wildman–Crippen LogP) is 2.16. The number of nitrogens with one attached hydrogen (secondary N) is 1. The van der Waals surface area contributed by atoms with E-state index in [1.165, 1.54) is 12.1 Å². The van der Waals surface area contributed by atoms with Gasteiger partial charge >= 0.3 is 0 Å². The highest BCUT2D eigenvalue weighted by atomic mass is 19.1. The van der Waals surface area contributed by atoms with Crippen LogP contribution < -0.4 is 5.32 Å². The highest BCUT2D eigenvalue weighted by Gasteiger charge is 2.39. The van der Waals surface area contributed by atoms with Crippen molar-refractivity contribution in [3.05, 3.63) is 35.4 Å². The second-order valence-electron chi connectivity index (χ2n) is 5.17. The van der Waals surface area contributed by atoms with Crippen molar-refractivity contribution in [2.45, 2.75) is 38.0 Å². The first-order valence-electron chi connectivity index (χ1n) is 6.44. The van der Waals surface area contributed by atoms with Crippen LogP contribution in [0.15, 0.2) is 18.2 Å². The quantitative estimate of drug-likeness (QED) is 0.881. The van der Waals surface area contributed by atoms with Gasteiger partial charge in [0.1, 0.15) is 17.2 Å². The summed E-state index contributed by atoms with van der Waals surface area (Å²) >= 11 is 0. The Morgan fingerprint density at radius 3 is 2.58 bits per heavy atom. The van der Waals surface area contributed by atoms with Crippen LogP contribution >= 0.6 is 0 Å². The molecule has 0 saturated carbocycles. The summed E-state index contributed by atoms with van der Waals surface area (Å²) in [5.41, 5.74) is -0.396. The lowest BCUT2D eigenvalue weighted by atomic mass is 9.96. The standard InChI is InChI=1S/C14H19F2NO2/c1-9(11-5-12(15)7-13(16)6-11)17-8-14(18)3-4-19-10(14)2/h5-7,9-10,17-18H,3-4,8H2,1-2H3. The fraction of sp³-hybridized carbons (Fsp3) is 0.571. The molecule has 0 aliphatic carbocycles. The van der Waals surface area contributed by atoms with E-state index in [1.807, 2.05) is 6.92 Å². The van der Waals surface area contributed by atoms with Crippen LogP contribution in [0.2, 0.25) is 0 Å². The molecular weight excluding hydrogens is 252 g/mol. The van der Waals surface area contributed by atoms with Crippen molar-refractivity contribution in [2.24, 2.45) is 0 Å². The Morgan fingerprint density at radius 2 is 2.05 bits per heavy atom. The van der Waals surface area contributed by atoms with Crippen molar-refractivity contribution in [1.29, 1.82) is 0 Å². The number of hydrogen-bond acceptors (Lipinski definition) is 3. The fourth-order valence-corrected chi connectivity index (χ4v) is 2.28.